The molecule has 0 radical (unpaired) electrons. The number of rotatable bonds is 1. The van der Waals surface area contributed by atoms with Gasteiger partial charge in [-0.15, -0.1) is 11.6 Å². The minimum atomic E-state index is -0.0226. The van der Waals surface area contributed by atoms with Crippen LogP contribution >= 0.6 is 11.6 Å². The van der Waals surface area contributed by atoms with Crippen LogP contribution in [0.5, 0.6) is 0 Å². The molecule has 2 aliphatic rings. The van der Waals surface area contributed by atoms with E-state index >= 15 is 0 Å². The van der Waals surface area contributed by atoms with Crippen molar-refractivity contribution in [1.82, 2.24) is 0 Å². The molecular formula is C13H13Cl. The van der Waals surface area contributed by atoms with Crippen LogP contribution in [-0.2, 0) is 0 Å². The Hall–Kier alpha value is -0.750. The van der Waals surface area contributed by atoms with Gasteiger partial charge in [-0.05, 0) is 30.2 Å². The highest BCUT2D eigenvalue weighted by atomic mass is 35.5. The van der Waals surface area contributed by atoms with E-state index in [0.29, 0.717) is 11.8 Å². The predicted octanol–water partition coefficient (Wildman–Crippen LogP) is 3.73. The van der Waals surface area contributed by atoms with Gasteiger partial charge in [0.05, 0.1) is 4.87 Å². The molecule has 0 spiro atoms. The number of hydrogen-bond donors (Lipinski definition) is 0. The number of benzene rings is 1. The van der Waals surface area contributed by atoms with E-state index in [0.717, 1.165) is 12.8 Å². The van der Waals surface area contributed by atoms with Crippen LogP contribution in [0, 0.1) is 5.92 Å². The summed E-state index contributed by atoms with van der Waals surface area (Å²) >= 11 is 6.45. The summed E-state index contributed by atoms with van der Waals surface area (Å²) in [5.41, 5.74) is 1.45. The van der Waals surface area contributed by atoms with Gasteiger partial charge in [0.2, 0.25) is 0 Å². The van der Waals surface area contributed by atoms with Crippen LogP contribution in [0.4, 0.5) is 0 Å². The Morgan fingerprint density at radius 1 is 1.14 bits per heavy atom. The van der Waals surface area contributed by atoms with E-state index in [4.69, 9.17) is 11.6 Å². The normalized spacial score (nSPS) is 39.2. The zero-order valence-electron chi connectivity index (χ0n) is 7.99. The Bertz CT molecular complexity index is 368. The SMILES string of the molecule is ClC12C=CC(C1)C(c1ccccc1)C2. The van der Waals surface area contributed by atoms with Crippen molar-refractivity contribution in [2.24, 2.45) is 5.92 Å². The molecule has 72 valence electrons. The molecule has 3 rings (SSSR count). The van der Waals surface area contributed by atoms with Crippen molar-refractivity contribution >= 4 is 11.6 Å². The lowest BCUT2D eigenvalue weighted by atomic mass is 9.87. The Labute approximate surface area is 89.6 Å². The fraction of sp³-hybridized carbons (Fsp3) is 0.385. The third-order valence-electron chi connectivity index (χ3n) is 3.52. The fourth-order valence-electron chi connectivity index (χ4n) is 2.83. The molecule has 14 heavy (non-hydrogen) atoms. The maximum atomic E-state index is 6.45. The van der Waals surface area contributed by atoms with Gasteiger partial charge in [-0.1, -0.05) is 42.5 Å². The third-order valence-corrected chi connectivity index (χ3v) is 3.96. The van der Waals surface area contributed by atoms with Gasteiger partial charge >= 0.3 is 0 Å². The van der Waals surface area contributed by atoms with Gasteiger partial charge in [0.1, 0.15) is 0 Å². The van der Waals surface area contributed by atoms with Crippen molar-refractivity contribution in [2.75, 3.05) is 0 Å². The van der Waals surface area contributed by atoms with Crippen molar-refractivity contribution in [2.45, 2.75) is 23.6 Å². The highest BCUT2D eigenvalue weighted by Crippen LogP contribution is 2.54. The summed E-state index contributed by atoms with van der Waals surface area (Å²) in [4.78, 5) is -0.0226. The lowest BCUT2D eigenvalue weighted by molar-refractivity contribution is 0.588. The third kappa shape index (κ3) is 1.21. The molecule has 2 bridgehead atoms. The average Bonchev–Trinajstić information content (AvgIpc) is 2.74. The zero-order valence-corrected chi connectivity index (χ0v) is 8.74. The largest absolute Gasteiger partial charge is 0.115 e. The number of alkyl halides is 1. The molecule has 0 saturated heterocycles. The van der Waals surface area contributed by atoms with Gasteiger partial charge in [0.25, 0.3) is 0 Å². The Morgan fingerprint density at radius 3 is 2.50 bits per heavy atom. The van der Waals surface area contributed by atoms with Gasteiger partial charge in [-0.25, -0.2) is 0 Å². The summed E-state index contributed by atoms with van der Waals surface area (Å²) in [7, 11) is 0. The van der Waals surface area contributed by atoms with Gasteiger partial charge in [0.15, 0.2) is 0 Å². The molecule has 3 atom stereocenters. The molecule has 1 aromatic carbocycles. The van der Waals surface area contributed by atoms with Crippen LogP contribution in [0.25, 0.3) is 0 Å². The number of fused-ring (bicyclic) bond motifs is 2. The van der Waals surface area contributed by atoms with E-state index in [1.165, 1.54) is 5.56 Å². The second-order valence-electron chi connectivity index (χ2n) is 4.48. The first-order chi connectivity index (χ1) is 6.77. The molecule has 0 aliphatic heterocycles. The smallest absolute Gasteiger partial charge is 0.0638 e. The van der Waals surface area contributed by atoms with Crippen molar-refractivity contribution in [3.63, 3.8) is 0 Å². The van der Waals surface area contributed by atoms with Crippen LogP contribution < -0.4 is 0 Å². The lowest BCUT2D eigenvalue weighted by Gasteiger charge is -2.20. The summed E-state index contributed by atoms with van der Waals surface area (Å²) in [6.45, 7) is 0. The van der Waals surface area contributed by atoms with Crippen LogP contribution in [0.1, 0.15) is 24.3 Å². The molecule has 0 nitrogen and oxygen atoms in total. The minimum Gasteiger partial charge on any atom is -0.115 e. The summed E-state index contributed by atoms with van der Waals surface area (Å²) in [6.07, 6.45) is 6.74. The molecule has 1 saturated carbocycles. The average molecular weight is 205 g/mol. The van der Waals surface area contributed by atoms with Crippen molar-refractivity contribution in [1.29, 1.82) is 0 Å². The van der Waals surface area contributed by atoms with Crippen LogP contribution in [0.2, 0.25) is 0 Å². The molecule has 0 N–H and O–H groups in total. The minimum absolute atomic E-state index is 0.0226. The van der Waals surface area contributed by atoms with E-state index in [1.54, 1.807) is 0 Å². The maximum Gasteiger partial charge on any atom is 0.0638 e. The number of allylic oxidation sites excluding steroid dienone is 2. The van der Waals surface area contributed by atoms with Crippen molar-refractivity contribution in [3.05, 3.63) is 48.0 Å². The Balaban J connectivity index is 1.94. The Kier molecular flexibility index (Phi) is 1.75. The molecule has 2 aliphatic carbocycles. The van der Waals surface area contributed by atoms with Crippen LogP contribution in [-0.4, -0.2) is 4.87 Å². The zero-order chi connectivity index (χ0) is 9.60. The van der Waals surface area contributed by atoms with Crippen LogP contribution in [0.15, 0.2) is 42.5 Å². The van der Waals surface area contributed by atoms with E-state index < -0.39 is 0 Å². The molecule has 0 aromatic heterocycles. The first kappa shape index (κ1) is 8.55. The van der Waals surface area contributed by atoms with Crippen molar-refractivity contribution in [3.8, 4) is 0 Å². The topological polar surface area (TPSA) is 0 Å². The summed E-state index contributed by atoms with van der Waals surface area (Å²) in [5.74, 6) is 1.33. The molecule has 3 unspecified atom stereocenters. The first-order valence-electron chi connectivity index (χ1n) is 5.20. The van der Waals surface area contributed by atoms with E-state index in [1.807, 2.05) is 0 Å². The molecule has 1 fully saturated rings. The summed E-state index contributed by atoms with van der Waals surface area (Å²) in [6, 6.07) is 10.7. The van der Waals surface area contributed by atoms with Gasteiger partial charge in [0, 0.05) is 0 Å². The van der Waals surface area contributed by atoms with E-state index in [2.05, 4.69) is 42.5 Å². The molecule has 0 amide bonds. The number of hydrogen-bond acceptors (Lipinski definition) is 0. The lowest BCUT2D eigenvalue weighted by Crippen LogP contribution is -2.12. The van der Waals surface area contributed by atoms with Gasteiger partial charge < -0.3 is 0 Å². The standard InChI is InChI=1S/C13H13Cl/c14-13-7-6-11(8-13)12(9-13)10-4-2-1-3-5-10/h1-7,11-12H,8-9H2. The predicted molar refractivity (Wildman–Crippen MR) is 59.6 cm³/mol. The van der Waals surface area contributed by atoms with Crippen molar-refractivity contribution < 1.29 is 0 Å². The molecular weight excluding hydrogens is 192 g/mol. The highest BCUT2D eigenvalue weighted by Gasteiger charge is 2.45. The first-order valence-corrected chi connectivity index (χ1v) is 5.58. The molecule has 1 heteroatoms. The van der Waals surface area contributed by atoms with Crippen LogP contribution in [0.3, 0.4) is 0 Å². The summed E-state index contributed by atoms with van der Waals surface area (Å²) in [5, 5.41) is 0. The monoisotopic (exact) mass is 204 g/mol. The highest BCUT2D eigenvalue weighted by molar-refractivity contribution is 6.25. The quantitative estimate of drug-likeness (QED) is 0.483. The summed E-state index contributed by atoms with van der Waals surface area (Å²) < 4.78 is 0. The fourth-order valence-corrected chi connectivity index (χ4v) is 3.25. The maximum absolute atomic E-state index is 6.45. The molecule has 1 aromatic rings. The molecule has 0 heterocycles. The Morgan fingerprint density at radius 2 is 1.93 bits per heavy atom. The second kappa shape index (κ2) is 2.87. The van der Waals surface area contributed by atoms with Gasteiger partial charge in [-0.3, -0.25) is 0 Å². The van der Waals surface area contributed by atoms with E-state index in [-0.39, 0.29) is 4.87 Å². The number of halogens is 1. The second-order valence-corrected chi connectivity index (χ2v) is 5.24. The van der Waals surface area contributed by atoms with E-state index in [9.17, 15) is 0 Å². The van der Waals surface area contributed by atoms with Gasteiger partial charge in [-0.2, -0.15) is 0 Å².